The van der Waals surface area contributed by atoms with Gasteiger partial charge in [0.25, 0.3) is 5.79 Å². The number of aliphatic hydroxyl groups excluding tert-OH is 16. The van der Waals surface area contributed by atoms with Gasteiger partial charge in [-0.05, 0) is 0 Å². The maximum absolute atomic E-state index is 12.7. The number of amides is 2. The minimum Gasteiger partial charge on any atom is -0.477 e. The van der Waals surface area contributed by atoms with Crippen molar-refractivity contribution in [3.8, 4) is 0 Å². The van der Waals surface area contributed by atoms with Gasteiger partial charge in [0, 0.05) is 20.3 Å². The molecule has 0 unspecified atom stereocenters. The van der Waals surface area contributed by atoms with Gasteiger partial charge in [-0.25, -0.2) is 4.79 Å². The van der Waals surface area contributed by atoms with Crippen LogP contribution in [0.3, 0.4) is 0 Å². The number of rotatable bonds is 18. The molecule has 5 heterocycles. The Morgan fingerprint density at radius 1 is 0.588 bits per heavy atom. The fourth-order valence-corrected chi connectivity index (χ4v) is 8.42. The second-order valence-corrected chi connectivity index (χ2v) is 16.9. The van der Waals surface area contributed by atoms with E-state index in [0.29, 0.717) is 0 Å². The second-order valence-electron chi connectivity index (χ2n) is 16.9. The Balaban J connectivity index is 1.39. The summed E-state index contributed by atoms with van der Waals surface area (Å²) in [6.45, 7) is -3.16. The minimum atomic E-state index is -2.98. The molecule has 5 aliphatic heterocycles. The molecule has 0 aromatic rings. The van der Waals surface area contributed by atoms with Crippen LogP contribution in [0.25, 0.3) is 0 Å². The van der Waals surface area contributed by atoms with E-state index < -0.39 is 216 Å². The summed E-state index contributed by atoms with van der Waals surface area (Å²) in [6, 6.07) is -3.40. The fourth-order valence-electron chi connectivity index (χ4n) is 8.42. The smallest absolute Gasteiger partial charge is 0.364 e. The molecule has 5 fully saturated rings. The summed E-state index contributed by atoms with van der Waals surface area (Å²) in [5.41, 5.74) is 0. The molecule has 394 valence electrons. The lowest BCUT2D eigenvalue weighted by molar-refractivity contribution is -0.381. The number of aliphatic carboxylic acids is 1. The van der Waals surface area contributed by atoms with Crippen LogP contribution in [0.1, 0.15) is 20.3 Å². The van der Waals surface area contributed by atoms with Crippen LogP contribution in [0.5, 0.6) is 0 Å². The van der Waals surface area contributed by atoms with E-state index in [1.165, 1.54) is 0 Å². The third kappa shape index (κ3) is 12.0. The van der Waals surface area contributed by atoms with E-state index in [-0.39, 0.29) is 0 Å². The van der Waals surface area contributed by atoms with E-state index in [4.69, 9.17) is 42.6 Å². The van der Waals surface area contributed by atoms with Crippen molar-refractivity contribution in [3.05, 3.63) is 0 Å². The summed E-state index contributed by atoms with van der Waals surface area (Å²) < 4.78 is 50.5. The van der Waals surface area contributed by atoms with Crippen molar-refractivity contribution < 1.29 is 144 Å². The molecule has 5 saturated heterocycles. The average Bonchev–Trinajstić information content (AvgIpc) is 3.29. The average molecular weight is 999 g/mol. The van der Waals surface area contributed by atoms with Gasteiger partial charge in [0.1, 0.15) is 116 Å². The molecule has 0 aromatic carbocycles. The summed E-state index contributed by atoms with van der Waals surface area (Å²) in [5, 5.41) is 184. The lowest BCUT2D eigenvalue weighted by atomic mass is 9.88. The molecular formula is C37H62N2O29. The van der Waals surface area contributed by atoms with Gasteiger partial charge in [0.15, 0.2) is 25.2 Å². The molecule has 0 aromatic heterocycles. The fraction of sp³-hybridized carbons (Fsp3) is 0.919. The number of aliphatic hydroxyl groups is 16. The van der Waals surface area contributed by atoms with Crippen LogP contribution in [0.2, 0.25) is 0 Å². The highest BCUT2D eigenvalue weighted by molar-refractivity contribution is 5.76. The van der Waals surface area contributed by atoms with Crippen molar-refractivity contribution in [2.75, 3.05) is 33.0 Å². The highest BCUT2D eigenvalue weighted by Crippen LogP contribution is 2.37. The molecule has 0 saturated carbocycles. The molecule has 5 rings (SSSR count). The quantitative estimate of drug-likeness (QED) is 0.0606. The van der Waals surface area contributed by atoms with Crippen LogP contribution in [0.4, 0.5) is 0 Å². The number of carbonyl (C=O) groups excluding carboxylic acids is 2. The zero-order valence-electron chi connectivity index (χ0n) is 36.2. The van der Waals surface area contributed by atoms with E-state index in [2.05, 4.69) is 10.6 Å². The maximum atomic E-state index is 12.7. The molecule has 0 bridgehead atoms. The zero-order valence-corrected chi connectivity index (χ0v) is 36.2. The topological polar surface area (TPSA) is 502 Å². The normalized spacial score (nSPS) is 46.6. The first-order valence-corrected chi connectivity index (χ1v) is 21.2. The Kier molecular flexibility index (Phi) is 19.7. The standard InChI is InChI=1S/C37H62N2O29/c1-9(44)38-17-11(46)3-37(36(58)59,68-30(17)19(48)12(47)4-40)60-8-16-20(49)23(52)26(55)34(64-16)66-29-18(39-10(2)45)33(62-13(5-41)21(29)50)67-31-22(51)14(6-42)63-35(27(31)56)65-28-15(7-43)61-32(57)25(54)24(28)53/h11-35,40-43,46-57H,3-8H2,1-2H3,(H,38,44)(H,39,45)(H,58,59)/t11-,12+,13+,14+,15+,16+,17+,18-,19+,20-,21+,22-,23-,24+,25+,26+,27+,28-,29+,30+,31-,32-,33-,34-,35-,37+/m0/s1. The third-order valence-electron chi connectivity index (χ3n) is 12.1. The molecule has 0 radical (unpaired) electrons. The van der Waals surface area contributed by atoms with E-state index in [1.54, 1.807) is 0 Å². The highest BCUT2D eigenvalue weighted by atomic mass is 16.8. The Labute approximate surface area is 384 Å². The molecule has 26 atom stereocenters. The van der Waals surface area contributed by atoms with Crippen LogP contribution in [0.15, 0.2) is 0 Å². The largest absolute Gasteiger partial charge is 0.477 e. The van der Waals surface area contributed by atoms with Crippen molar-refractivity contribution >= 4 is 17.8 Å². The van der Waals surface area contributed by atoms with Crippen molar-refractivity contribution in [2.24, 2.45) is 0 Å². The van der Waals surface area contributed by atoms with Crippen molar-refractivity contribution in [1.29, 1.82) is 0 Å². The molecule has 0 aliphatic carbocycles. The summed E-state index contributed by atoms with van der Waals surface area (Å²) in [6.07, 6.45) is -46.5. The van der Waals surface area contributed by atoms with Gasteiger partial charge in [0.2, 0.25) is 11.8 Å². The van der Waals surface area contributed by atoms with Crippen molar-refractivity contribution in [3.63, 3.8) is 0 Å². The Bertz CT molecular complexity index is 1660. The van der Waals surface area contributed by atoms with Crippen LogP contribution < -0.4 is 10.6 Å². The van der Waals surface area contributed by atoms with Gasteiger partial charge in [-0.1, -0.05) is 0 Å². The monoisotopic (exact) mass is 998 g/mol. The lowest BCUT2D eigenvalue weighted by Gasteiger charge is -2.50. The van der Waals surface area contributed by atoms with Gasteiger partial charge in [-0.2, -0.15) is 0 Å². The second kappa shape index (κ2) is 23.8. The summed E-state index contributed by atoms with van der Waals surface area (Å²) in [7, 11) is 0. The van der Waals surface area contributed by atoms with E-state index >= 15 is 0 Å². The van der Waals surface area contributed by atoms with Crippen LogP contribution in [-0.2, 0) is 57.0 Å². The SMILES string of the molecule is CC(=O)N[C@@H]1[C@H](O[C@H]2[C@@H](O)[C@@H](CO)O[C@@H](O[C@@H]3[C@H](O)[C@@H](O)[C@@H](O)O[C@@H]3CO)[C@@H]2O)O[C@H](CO)[C@@H](O)[C@@H]1O[C@@H]1O[C@H](CO[C@]2(C(=O)O)C[C@H](O)[C@@H](NC(C)=O)[C@H]([C@H](O)[C@H](O)CO)O2)[C@H](O)[C@H](O)[C@H]1O. The number of carbonyl (C=O) groups is 3. The third-order valence-corrected chi connectivity index (χ3v) is 12.1. The van der Waals surface area contributed by atoms with Gasteiger partial charge in [-0.15, -0.1) is 0 Å². The van der Waals surface area contributed by atoms with Gasteiger partial charge in [0.05, 0.1) is 45.2 Å². The molecule has 31 heteroatoms. The number of hydrogen-bond donors (Lipinski definition) is 19. The lowest BCUT2D eigenvalue weighted by Crippen LogP contribution is -2.70. The highest BCUT2D eigenvalue weighted by Gasteiger charge is 2.59. The summed E-state index contributed by atoms with van der Waals surface area (Å²) in [5.74, 6) is -6.62. The summed E-state index contributed by atoms with van der Waals surface area (Å²) >= 11 is 0. The zero-order chi connectivity index (χ0) is 50.7. The van der Waals surface area contributed by atoms with Crippen LogP contribution in [-0.4, -0.2) is 297 Å². The predicted molar refractivity (Wildman–Crippen MR) is 207 cm³/mol. The summed E-state index contributed by atoms with van der Waals surface area (Å²) in [4.78, 5) is 37.3. The Morgan fingerprint density at radius 2 is 1.10 bits per heavy atom. The van der Waals surface area contributed by atoms with E-state index in [1.807, 2.05) is 0 Å². The molecule has 0 spiro atoms. The van der Waals surface area contributed by atoms with E-state index in [9.17, 15) is 101 Å². The Hall–Kier alpha value is -2.59. The van der Waals surface area contributed by atoms with Gasteiger partial charge >= 0.3 is 5.97 Å². The van der Waals surface area contributed by atoms with Crippen molar-refractivity contribution in [2.45, 2.75) is 179 Å². The molecule has 68 heavy (non-hydrogen) atoms. The maximum Gasteiger partial charge on any atom is 0.364 e. The van der Waals surface area contributed by atoms with Gasteiger partial charge in [-0.3, -0.25) is 9.59 Å². The number of ether oxygens (including phenoxy) is 9. The van der Waals surface area contributed by atoms with Crippen LogP contribution >= 0.6 is 0 Å². The van der Waals surface area contributed by atoms with Gasteiger partial charge < -0.3 is 140 Å². The Morgan fingerprint density at radius 3 is 1.66 bits per heavy atom. The first-order chi connectivity index (χ1) is 31.9. The predicted octanol–water partition coefficient (Wildman–Crippen LogP) is -12.4. The molecule has 19 N–H and O–H groups in total. The number of carboxylic acids is 1. The first-order valence-electron chi connectivity index (χ1n) is 21.2. The number of carboxylic acid groups (broad SMARTS) is 1. The molecule has 5 aliphatic rings. The van der Waals surface area contributed by atoms with Crippen molar-refractivity contribution in [1.82, 2.24) is 10.6 Å². The number of hydrogen-bond acceptors (Lipinski definition) is 28. The molecular weight excluding hydrogens is 936 g/mol. The molecule has 2 amide bonds. The first kappa shape index (κ1) is 56.3. The molecule has 31 nitrogen and oxygen atoms in total. The number of nitrogens with one attached hydrogen (secondary N) is 2. The van der Waals surface area contributed by atoms with E-state index in [0.717, 1.165) is 13.8 Å². The van der Waals surface area contributed by atoms with Crippen LogP contribution in [0, 0.1) is 0 Å². The minimum absolute atomic E-state index is 0.782.